The minimum Gasteiger partial charge on any atom is -0.368 e. The zero-order chi connectivity index (χ0) is 11.8. The van der Waals surface area contributed by atoms with Gasteiger partial charge in [-0.3, -0.25) is 9.69 Å². The van der Waals surface area contributed by atoms with Gasteiger partial charge in [0.1, 0.15) is 6.04 Å². The molecule has 0 rings (SSSR count). The van der Waals surface area contributed by atoms with Crippen molar-refractivity contribution in [2.45, 2.75) is 33.7 Å². The van der Waals surface area contributed by atoms with Crippen LogP contribution < -0.4 is 5.73 Å². The molecule has 0 fully saturated rings. The van der Waals surface area contributed by atoms with E-state index in [9.17, 15) is 4.79 Å². The van der Waals surface area contributed by atoms with Crippen LogP contribution in [0.1, 0.15) is 27.7 Å². The summed E-state index contributed by atoms with van der Waals surface area (Å²) in [7, 11) is 0. The van der Waals surface area contributed by atoms with E-state index in [-0.39, 0.29) is 11.9 Å². The van der Waals surface area contributed by atoms with Crippen LogP contribution in [0.2, 0.25) is 0 Å². The van der Waals surface area contributed by atoms with Gasteiger partial charge in [-0.2, -0.15) is 0 Å². The smallest absolute Gasteiger partial charge is 0.239 e. The molecule has 1 atom stereocenters. The summed E-state index contributed by atoms with van der Waals surface area (Å²) in [5.41, 5.74) is 6.41. The molecule has 86 valence electrons. The van der Waals surface area contributed by atoms with Gasteiger partial charge in [0.2, 0.25) is 5.91 Å². The van der Waals surface area contributed by atoms with E-state index in [1.165, 1.54) is 0 Å². The number of hydrogen-bond acceptors (Lipinski definition) is 2. The molecular formula is C12H22N2O. The maximum Gasteiger partial charge on any atom is 0.239 e. The lowest BCUT2D eigenvalue weighted by Crippen LogP contribution is -2.45. The lowest BCUT2D eigenvalue weighted by molar-refractivity contribution is -0.121. The number of allylic oxidation sites excluding steroid dienone is 2. The number of carbonyl (C=O) groups excluding carboxylic acids is 1. The first-order chi connectivity index (χ1) is 7.12. The Kier molecular flexibility index (Phi) is 6.71. The summed E-state index contributed by atoms with van der Waals surface area (Å²) in [4.78, 5) is 13.5. The summed E-state index contributed by atoms with van der Waals surface area (Å²) in [5.74, 6) is -0.287. The molecular weight excluding hydrogens is 188 g/mol. The van der Waals surface area contributed by atoms with Crippen LogP contribution in [-0.4, -0.2) is 29.9 Å². The molecule has 2 N–H and O–H groups in total. The van der Waals surface area contributed by atoms with E-state index in [1.807, 2.05) is 45.9 Å². The van der Waals surface area contributed by atoms with Gasteiger partial charge in [0.05, 0.1) is 0 Å². The van der Waals surface area contributed by atoms with Gasteiger partial charge in [-0.05, 0) is 32.5 Å². The molecule has 0 radical (unpaired) electrons. The molecule has 0 heterocycles. The zero-order valence-electron chi connectivity index (χ0n) is 10.2. The maximum atomic E-state index is 11.4. The second kappa shape index (κ2) is 7.23. The van der Waals surface area contributed by atoms with Crippen molar-refractivity contribution in [1.82, 2.24) is 4.90 Å². The molecule has 1 amide bonds. The Hall–Kier alpha value is -1.09. The second-order valence-electron chi connectivity index (χ2n) is 3.31. The van der Waals surface area contributed by atoms with E-state index in [2.05, 4.69) is 4.90 Å². The van der Waals surface area contributed by atoms with Crippen molar-refractivity contribution in [3.05, 3.63) is 23.8 Å². The number of rotatable bonds is 6. The molecule has 0 saturated carbocycles. The predicted octanol–water partition coefficient (Wildman–Crippen LogP) is 1.70. The Bertz CT molecular complexity index is 252. The summed E-state index contributed by atoms with van der Waals surface area (Å²) >= 11 is 0. The average Bonchev–Trinajstić information content (AvgIpc) is 2.22. The van der Waals surface area contributed by atoms with Crippen molar-refractivity contribution in [2.24, 2.45) is 5.73 Å². The molecule has 0 saturated heterocycles. The van der Waals surface area contributed by atoms with Gasteiger partial charge in [0, 0.05) is 0 Å². The highest BCUT2D eigenvalue weighted by Gasteiger charge is 2.23. The molecule has 0 aliphatic carbocycles. The molecule has 0 spiro atoms. The van der Waals surface area contributed by atoms with Crippen LogP contribution in [-0.2, 0) is 4.79 Å². The van der Waals surface area contributed by atoms with Crippen molar-refractivity contribution >= 4 is 5.91 Å². The number of primary amides is 1. The maximum absolute atomic E-state index is 11.4. The Morgan fingerprint density at radius 2 is 1.87 bits per heavy atom. The normalized spacial score (nSPS) is 14.9. The van der Waals surface area contributed by atoms with E-state index >= 15 is 0 Å². The monoisotopic (exact) mass is 210 g/mol. The van der Waals surface area contributed by atoms with E-state index < -0.39 is 0 Å². The van der Waals surface area contributed by atoms with E-state index in [0.29, 0.717) is 0 Å². The predicted molar refractivity (Wildman–Crippen MR) is 64.5 cm³/mol. The van der Waals surface area contributed by atoms with Gasteiger partial charge < -0.3 is 5.73 Å². The Labute approximate surface area is 92.6 Å². The SMILES string of the molecule is C/C=C\C(=C/C)C(C(N)=O)N(CC)CC. The first-order valence-electron chi connectivity index (χ1n) is 5.44. The fraction of sp³-hybridized carbons (Fsp3) is 0.583. The summed E-state index contributed by atoms with van der Waals surface area (Å²) in [6.07, 6.45) is 5.80. The summed E-state index contributed by atoms with van der Waals surface area (Å²) in [6.45, 7) is 9.56. The van der Waals surface area contributed by atoms with E-state index in [1.54, 1.807) is 0 Å². The fourth-order valence-electron chi connectivity index (χ4n) is 1.68. The number of amides is 1. The minimum absolute atomic E-state index is 0.287. The van der Waals surface area contributed by atoms with Crippen molar-refractivity contribution in [2.75, 3.05) is 13.1 Å². The molecule has 15 heavy (non-hydrogen) atoms. The van der Waals surface area contributed by atoms with Gasteiger partial charge in [-0.1, -0.05) is 32.1 Å². The third-order valence-electron chi connectivity index (χ3n) is 2.46. The highest BCUT2D eigenvalue weighted by atomic mass is 16.1. The van der Waals surface area contributed by atoms with Crippen LogP contribution in [0.5, 0.6) is 0 Å². The van der Waals surface area contributed by atoms with E-state index in [0.717, 1.165) is 18.7 Å². The Balaban J connectivity index is 5.01. The van der Waals surface area contributed by atoms with Gasteiger partial charge >= 0.3 is 0 Å². The summed E-state index contributed by atoms with van der Waals surface area (Å²) in [5, 5.41) is 0. The number of likely N-dealkylation sites (N-methyl/N-ethyl adjacent to an activating group) is 1. The number of nitrogens with zero attached hydrogens (tertiary/aromatic N) is 1. The standard InChI is InChI=1S/C12H22N2O/c1-5-9-10(6-2)11(12(13)15)14(7-3)8-4/h5-6,9,11H,7-8H2,1-4H3,(H2,13,15)/b9-5-,10-6+. The molecule has 1 unspecified atom stereocenters. The van der Waals surface area contributed by atoms with Crippen LogP contribution in [0.15, 0.2) is 23.8 Å². The van der Waals surface area contributed by atoms with Gasteiger partial charge in [-0.15, -0.1) is 0 Å². The largest absolute Gasteiger partial charge is 0.368 e. The van der Waals surface area contributed by atoms with Crippen molar-refractivity contribution in [1.29, 1.82) is 0 Å². The first-order valence-corrected chi connectivity index (χ1v) is 5.44. The average molecular weight is 210 g/mol. The Morgan fingerprint density at radius 3 is 2.13 bits per heavy atom. The molecule has 0 aromatic rings. The zero-order valence-corrected chi connectivity index (χ0v) is 10.2. The van der Waals surface area contributed by atoms with Gasteiger partial charge in [-0.25, -0.2) is 0 Å². The highest BCUT2D eigenvalue weighted by molar-refractivity contribution is 5.84. The number of carbonyl (C=O) groups is 1. The molecule has 3 heteroatoms. The van der Waals surface area contributed by atoms with E-state index in [4.69, 9.17) is 5.73 Å². The quantitative estimate of drug-likeness (QED) is 0.678. The third kappa shape index (κ3) is 3.88. The van der Waals surface area contributed by atoms with Crippen LogP contribution in [0, 0.1) is 0 Å². The summed E-state index contributed by atoms with van der Waals surface area (Å²) in [6, 6.07) is -0.304. The van der Waals surface area contributed by atoms with Crippen molar-refractivity contribution in [3.8, 4) is 0 Å². The fourth-order valence-corrected chi connectivity index (χ4v) is 1.68. The number of hydrogen-bond donors (Lipinski definition) is 1. The van der Waals surface area contributed by atoms with Crippen LogP contribution in [0.3, 0.4) is 0 Å². The lowest BCUT2D eigenvalue weighted by Gasteiger charge is -2.27. The van der Waals surface area contributed by atoms with Crippen LogP contribution >= 0.6 is 0 Å². The third-order valence-corrected chi connectivity index (χ3v) is 2.46. The molecule has 0 aromatic carbocycles. The van der Waals surface area contributed by atoms with Gasteiger partial charge in [0.25, 0.3) is 0 Å². The Morgan fingerprint density at radius 1 is 1.33 bits per heavy atom. The van der Waals surface area contributed by atoms with Crippen molar-refractivity contribution < 1.29 is 4.79 Å². The second-order valence-corrected chi connectivity index (χ2v) is 3.31. The van der Waals surface area contributed by atoms with Crippen LogP contribution in [0.4, 0.5) is 0 Å². The molecule has 0 aromatic heterocycles. The van der Waals surface area contributed by atoms with Crippen LogP contribution in [0.25, 0.3) is 0 Å². The lowest BCUT2D eigenvalue weighted by atomic mass is 10.0. The highest BCUT2D eigenvalue weighted by Crippen LogP contribution is 2.12. The van der Waals surface area contributed by atoms with Crippen molar-refractivity contribution in [3.63, 3.8) is 0 Å². The van der Waals surface area contributed by atoms with Gasteiger partial charge in [0.15, 0.2) is 0 Å². The number of nitrogens with two attached hydrogens (primary N) is 1. The summed E-state index contributed by atoms with van der Waals surface area (Å²) < 4.78 is 0. The first kappa shape index (κ1) is 13.9. The molecule has 3 nitrogen and oxygen atoms in total. The molecule has 0 aliphatic heterocycles. The molecule has 0 bridgehead atoms. The topological polar surface area (TPSA) is 46.3 Å². The minimum atomic E-state index is -0.304. The molecule has 0 aliphatic rings.